The Morgan fingerprint density at radius 1 is 1.10 bits per heavy atom. The van der Waals surface area contributed by atoms with Crippen LogP contribution in [-0.4, -0.2) is 34.8 Å². The van der Waals surface area contributed by atoms with E-state index in [2.05, 4.69) is 10.6 Å². The molecule has 4 amide bonds. The minimum Gasteiger partial charge on any atom is -0.456 e. The minimum atomic E-state index is -0.924. The van der Waals surface area contributed by atoms with E-state index in [4.69, 9.17) is 4.42 Å². The van der Waals surface area contributed by atoms with Gasteiger partial charge in [-0.2, -0.15) is 0 Å². The maximum Gasteiger partial charge on any atom is 0.325 e. The third-order valence-electron chi connectivity index (χ3n) is 6.69. The Kier molecular flexibility index (Phi) is 4.68. The number of imide groups is 1. The van der Waals surface area contributed by atoms with Crippen molar-refractivity contribution in [1.29, 1.82) is 0 Å². The summed E-state index contributed by atoms with van der Waals surface area (Å²) in [5, 5.41) is 7.52. The molecule has 0 bridgehead atoms. The highest BCUT2D eigenvalue weighted by Gasteiger charge is 2.52. The van der Waals surface area contributed by atoms with E-state index in [9.17, 15) is 14.4 Å². The fraction of sp³-hybridized carbons (Fsp3) is 0.375. The van der Waals surface area contributed by atoms with Crippen molar-refractivity contribution in [2.75, 3.05) is 11.9 Å². The van der Waals surface area contributed by atoms with Gasteiger partial charge in [0, 0.05) is 16.5 Å². The van der Waals surface area contributed by atoms with Gasteiger partial charge < -0.3 is 15.1 Å². The van der Waals surface area contributed by atoms with Crippen molar-refractivity contribution in [3.8, 4) is 0 Å². The summed E-state index contributed by atoms with van der Waals surface area (Å²) in [6, 6.07) is 12.6. The zero-order valence-electron chi connectivity index (χ0n) is 17.4. The number of rotatable bonds is 4. The molecular formula is C24H25N3O4. The van der Waals surface area contributed by atoms with Crippen LogP contribution in [0.2, 0.25) is 0 Å². The Bertz CT molecular complexity index is 1190. The number of amides is 4. The second-order valence-corrected chi connectivity index (χ2v) is 8.72. The molecule has 31 heavy (non-hydrogen) atoms. The summed E-state index contributed by atoms with van der Waals surface area (Å²) in [5.74, 6) is -0.609. The molecule has 2 N–H and O–H groups in total. The summed E-state index contributed by atoms with van der Waals surface area (Å²) in [6.45, 7) is 1.48. The molecule has 3 aromatic rings. The van der Waals surface area contributed by atoms with E-state index in [1.54, 1.807) is 19.1 Å². The summed E-state index contributed by atoms with van der Waals surface area (Å²) < 4.78 is 5.81. The van der Waals surface area contributed by atoms with Gasteiger partial charge in [0.05, 0.1) is 0 Å². The van der Waals surface area contributed by atoms with Crippen LogP contribution in [0.3, 0.4) is 0 Å². The molecule has 7 heteroatoms. The van der Waals surface area contributed by atoms with Gasteiger partial charge in [0.15, 0.2) is 0 Å². The van der Waals surface area contributed by atoms with Crippen LogP contribution < -0.4 is 10.6 Å². The molecule has 2 fully saturated rings. The quantitative estimate of drug-likeness (QED) is 0.613. The largest absolute Gasteiger partial charge is 0.456 e. The number of furan rings is 1. The fourth-order valence-corrected chi connectivity index (χ4v) is 4.96. The van der Waals surface area contributed by atoms with Gasteiger partial charge in [-0.3, -0.25) is 14.5 Å². The van der Waals surface area contributed by atoms with Crippen LogP contribution >= 0.6 is 0 Å². The monoisotopic (exact) mass is 419 g/mol. The van der Waals surface area contributed by atoms with Crippen molar-refractivity contribution in [3.63, 3.8) is 0 Å². The Morgan fingerprint density at radius 3 is 2.65 bits per heavy atom. The van der Waals surface area contributed by atoms with E-state index in [0.717, 1.165) is 58.9 Å². The number of nitrogens with one attached hydrogen (secondary N) is 2. The first-order valence-corrected chi connectivity index (χ1v) is 10.8. The maximum absolute atomic E-state index is 13.1. The minimum absolute atomic E-state index is 0.113. The summed E-state index contributed by atoms with van der Waals surface area (Å²) >= 11 is 0. The standard InChI is InChI=1S/C24H25N3O4/c1-24(15-7-3-2-4-8-15)22(29)27(23(30)26-24)14-21(28)25-16-11-12-20-18(13-16)17-9-5-6-10-19(17)31-20/h5-6,9-13,15H,2-4,7-8,14H2,1H3,(H,25,28)(H,26,30)/t24-/m0/s1. The summed E-state index contributed by atoms with van der Waals surface area (Å²) in [7, 11) is 0. The Morgan fingerprint density at radius 2 is 1.84 bits per heavy atom. The molecule has 2 aliphatic rings. The second kappa shape index (κ2) is 7.41. The number of anilines is 1. The smallest absolute Gasteiger partial charge is 0.325 e. The lowest BCUT2D eigenvalue weighted by Crippen LogP contribution is -2.51. The Labute approximate surface area is 179 Å². The summed E-state index contributed by atoms with van der Waals surface area (Å²) in [5.41, 5.74) is 1.18. The van der Waals surface area contributed by atoms with Gasteiger partial charge in [-0.1, -0.05) is 37.5 Å². The number of nitrogens with zero attached hydrogens (tertiary/aromatic N) is 1. The van der Waals surface area contributed by atoms with Gasteiger partial charge in [-0.15, -0.1) is 0 Å². The van der Waals surface area contributed by atoms with Crippen molar-refractivity contribution in [2.45, 2.75) is 44.6 Å². The molecule has 1 aliphatic carbocycles. The molecule has 5 rings (SSSR count). The number of carbonyl (C=O) groups is 3. The van der Waals surface area contributed by atoms with Crippen LogP contribution in [0.4, 0.5) is 10.5 Å². The van der Waals surface area contributed by atoms with Gasteiger partial charge in [0.1, 0.15) is 23.2 Å². The molecule has 160 valence electrons. The van der Waals surface area contributed by atoms with E-state index < -0.39 is 17.5 Å². The van der Waals surface area contributed by atoms with Crippen molar-refractivity contribution < 1.29 is 18.8 Å². The molecule has 0 radical (unpaired) electrons. The van der Waals surface area contributed by atoms with Crippen molar-refractivity contribution >= 4 is 45.5 Å². The maximum atomic E-state index is 13.1. The van der Waals surface area contributed by atoms with E-state index in [1.165, 1.54) is 0 Å². The number of fused-ring (bicyclic) bond motifs is 3. The number of hydrogen-bond donors (Lipinski definition) is 2. The first-order valence-electron chi connectivity index (χ1n) is 10.8. The molecule has 2 heterocycles. The molecule has 7 nitrogen and oxygen atoms in total. The van der Waals surface area contributed by atoms with Crippen LogP contribution in [0.25, 0.3) is 21.9 Å². The first-order chi connectivity index (χ1) is 15.0. The van der Waals surface area contributed by atoms with Crippen molar-refractivity contribution in [1.82, 2.24) is 10.2 Å². The summed E-state index contributed by atoms with van der Waals surface area (Å²) in [4.78, 5) is 39.3. The highest BCUT2D eigenvalue weighted by atomic mass is 16.3. The molecule has 0 spiro atoms. The average Bonchev–Trinajstić information content (AvgIpc) is 3.25. The summed E-state index contributed by atoms with van der Waals surface area (Å²) in [6.07, 6.45) is 5.13. The first kappa shape index (κ1) is 19.6. The molecule has 1 aliphatic heterocycles. The van der Waals surface area contributed by atoms with Gasteiger partial charge in [0.25, 0.3) is 5.91 Å². The highest BCUT2D eigenvalue weighted by molar-refractivity contribution is 6.11. The molecule has 0 unspecified atom stereocenters. The number of para-hydroxylation sites is 1. The van der Waals surface area contributed by atoms with Crippen molar-refractivity contribution in [2.24, 2.45) is 5.92 Å². The van der Waals surface area contributed by atoms with Gasteiger partial charge in [0.2, 0.25) is 5.91 Å². The predicted molar refractivity (Wildman–Crippen MR) is 118 cm³/mol. The van der Waals surface area contributed by atoms with Gasteiger partial charge in [-0.25, -0.2) is 4.79 Å². The number of benzene rings is 2. The zero-order chi connectivity index (χ0) is 21.6. The van der Waals surface area contributed by atoms with Crippen LogP contribution in [-0.2, 0) is 9.59 Å². The van der Waals surface area contributed by atoms with E-state index in [-0.39, 0.29) is 18.4 Å². The Hall–Kier alpha value is -3.35. The molecule has 2 aromatic carbocycles. The van der Waals surface area contributed by atoms with Gasteiger partial charge >= 0.3 is 6.03 Å². The zero-order valence-corrected chi connectivity index (χ0v) is 17.4. The molecule has 1 saturated heterocycles. The van der Waals surface area contributed by atoms with Gasteiger partial charge in [-0.05, 0) is 49.9 Å². The second-order valence-electron chi connectivity index (χ2n) is 8.72. The third kappa shape index (κ3) is 3.34. The topological polar surface area (TPSA) is 91.7 Å². The van der Waals surface area contributed by atoms with E-state index in [1.807, 2.05) is 30.3 Å². The number of urea groups is 1. The predicted octanol–water partition coefficient (Wildman–Crippen LogP) is 4.42. The van der Waals surface area contributed by atoms with Crippen LogP contribution in [0.5, 0.6) is 0 Å². The fourth-order valence-electron chi connectivity index (χ4n) is 4.96. The molecule has 1 aromatic heterocycles. The van der Waals surface area contributed by atoms with Crippen LogP contribution in [0.1, 0.15) is 39.0 Å². The highest BCUT2D eigenvalue weighted by Crippen LogP contribution is 2.36. The molecule has 1 saturated carbocycles. The Balaban J connectivity index is 1.31. The lowest BCUT2D eigenvalue weighted by molar-refractivity contribution is -0.135. The van der Waals surface area contributed by atoms with Crippen LogP contribution in [0, 0.1) is 5.92 Å². The van der Waals surface area contributed by atoms with E-state index >= 15 is 0 Å². The third-order valence-corrected chi connectivity index (χ3v) is 6.69. The van der Waals surface area contributed by atoms with E-state index in [0.29, 0.717) is 5.69 Å². The lowest BCUT2D eigenvalue weighted by Gasteiger charge is -2.34. The van der Waals surface area contributed by atoms with Crippen molar-refractivity contribution in [3.05, 3.63) is 42.5 Å². The molecule has 1 atom stereocenters. The average molecular weight is 419 g/mol. The lowest BCUT2D eigenvalue weighted by atomic mass is 9.75. The SMILES string of the molecule is C[C@@]1(C2CCCCC2)NC(=O)N(CC(=O)Nc2ccc3oc4ccccc4c3c2)C1=O. The normalized spacial score (nSPS) is 22.3. The number of carbonyl (C=O) groups excluding carboxylic acids is 3. The number of hydrogen-bond acceptors (Lipinski definition) is 4. The van der Waals surface area contributed by atoms with Crippen LogP contribution in [0.15, 0.2) is 46.9 Å². The molecular weight excluding hydrogens is 394 g/mol.